The van der Waals surface area contributed by atoms with Crippen molar-refractivity contribution in [1.82, 2.24) is 0 Å². The molecule has 0 atom stereocenters. The van der Waals surface area contributed by atoms with Crippen molar-refractivity contribution in [2.75, 3.05) is 19.8 Å². The maximum atomic E-state index is 13.3. The van der Waals surface area contributed by atoms with E-state index in [1.807, 2.05) is 0 Å². The van der Waals surface area contributed by atoms with Crippen molar-refractivity contribution in [2.24, 2.45) is 0 Å². The van der Waals surface area contributed by atoms with Crippen LogP contribution in [0.25, 0.3) is 0 Å². The van der Waals surface area contributed by atoms with Gasteiger partial charge in [0.05, 0.1) is 6.61 Å². The molecule has 108 valence electrons. The van der Waals surface area contributed by atoms with Gasteiger partial charge in [-0.05, 0) is 30.9 Å². The highest BCUT2D eigenvalue weighted by molar-refractivity contribution is 5.18. The topological polar surface area (TPSA) is 29.5 Å². The van der Waals surface area contributed by atoms with Crippen molar-refractivity contribution in [3.63, 3.8) is 0 Å². The minimum atomic E-state index is -0.804. The average molecular weight is 272 g/mol. The van der Waals surface area contributed by atoms with Crippen molar-refractivity contribution in [2.45, 2.75) is 38.5 Å². The molecule has 0 aliphatic heterocycles. The molecule has 0 fully saturated rings. The fourth-order valence-electron chi connectivity index (χ4n) is 1.87. The van der Waals surface area contributed by atoms with Gasteiger partial charge < -0.3 is 9.84 Å². The van der Waals surface area contributed by atoms with Gasteiger partial charge in [-0.2, -0.15) is 0 Å². The predicted octanol–water partition coefficient (Wildman–Crippen LogP) is 3.47. The van der Waals surface area contributed by atoms with Crippen LogP contribution in [0.15, 0.2) is 18.2 Å². The van der Waals surface area contributed by atoms with Crippen LogP contribution < -0.4 is 0 Å². The summed E-state index contributed by atoms with van der Waals surface area (Å²) in [6.07, 6.45) is 5.45. The lowest BCUT2D eigenvalue weighted by Gasteiger charge is -2.06. The number of ether oxygens (including phenoxy) is 1. The van der Waals surface area contributed by atoms with Crippen LogP contribution in [-0.4, -0.2) is 24.9 Å². The first-order valence-corrected chi connectivity index (χ1v) is 6.87. The highest BCUT2D eigenvalue weighted by Gasteiger charge is 2.06. The molecule has 1 rings (SSSR count). The Morgan fingerprint density at radius 3 is 2.47 bits per heavy atom. The van der Waals surface area contributed by atoms with E-state index in [2.05, 4.69) is 0 Å². The van der Waals surface area contributed by atoms with Gasteiger partial charge in [0.15, 0.2) is 11.6 Å². The van der Waals surface area contributed by atoms with Crippen molar-refractivity contribution >= 4 is 0 Å². The Labute approximate surface area is 113 Å². The average Bonchev–Trinajstić information content (AvgIpc) is 2.41. The summed E-state index contributed by atoms with van der Waals surface area (Å²) >= 11 is 0. The molecule has 0 amide bonds. The van der Waals surface area contributed by atoms with E-state index in [9.17, 15) is 8.78 Å². The zero-order valence-electron chi connectivity index (χ0n) is 11.2. The van der Waals surface area contributed by atoms with E-state index in [0.29, 0.717) is 25.2 Å². The lowest BCUT2D eigenvalue weighted by Crippen LogP contribution is -2.03. The molecule has 1 aromatic rings. The summed E-state index contributed by atoms with van der Waals surface area (Å²) in [7, 11) is 0. The zero-order valence-corrected chi connectivity index (χ0v) is 11.2. The molecule has 0 heterocycles. The minimum absolute atomic E-state index is 0.260. The number of hydrogen-bond donors (Lipinski definition) is 1. The zero-order chi connectivity index (χ0) is 13.9. The van der Waals surface area contributed by atoms with Gasteiger partial charge in [-0.25, -0.2) is 8.78 Å². The first kappa shape index (κ1) is 16.1. The van der Waals surface area contributed by atoms with Crippen LogP contribution in [0.1, 0.15) is 37.7 Å². The van der Waals surface area contributed by atoms with Crippen molar-refractivity contribution < 1.29 is 18.6 Å². The lowest BCUT2D eigenvalue weighted by molar-refractivity contribution is 0.132. The predicted molar refractivity (Wildman–Crippen MR) is 71.1 cm³/mol. The number of benzene rings is 1. The molecule has 0 saturated carbocycles. The molecule has 0 bridgehead atoms. The van der Waals surface area contributed by atoms with Crippen LogP contribution >= 0.6 is 0 Å². The second-order valence-corrected chi connectivity index (χ2v) is 4.57. The number of aliphatic hydroxyl groups is 1. The van der Waals surface area contributed by atoms with Gasteiger partial charge in [0.25, 0.3) is 0 Å². The molecule has 1 N–H and O–H groups in total. The molecule has 0 unspecified atom stereocenters. The molecule has 0 radical (unpaired) electrons. The van der Waals surface area contributed by atoms with Gasteiger partial charge in [0.2, 0.25) is 0 Å². The highest BCUT2D eigenvalue weighted by atomic mass is 19.2. The standard InChI is InChI=1S/C15H22F2O2/c16-14-8-6-7-13(15(14)17)9-12-19-11-5-3-1-2-4-10-18/h6-8,18H,1-5,9-12H2. The number of halogens is 2. The summed E-state index contributed by atoms with van der Waals surface area (Å²) in [5, 5.41) is 8.61. The Hall–Kier alpha value is -1.00. The quantitative estimate of drug-likeness (QED) is 0.661. The maximum absolute atomic E-state index is 13.3. The van der Waals surface area contributed by atoms with Crippen LogP contribution in [-0.2, 0) is 11.2 Å². The molecule has 0 aliphatic rings. The number of rotatable bonds is 10. The second kappa shape index (κ2) is 9.87. The third-order valence-corrected chi connectivity index (χ3v) is 2.99. The van der Waals surface area contributed by atoms with Gasteiger partial charge in [0.1, 0.15) is 0 Å². The molecule has 0 aliphatic carbocycles. The fraction of sp³-hybridized carbons (Fsp3) is 0.600. The smallest absolute Gasteiger partial charge is 0.162 e. The van der Waals surface area contributed by atoms with E-state index in [-0.39, 0.29) is 6.61 Å². The van der Waals surface area contributed by atoms with Crippen LogP contribution in [0, 0.1) is 11.6 Å². The second-order valence-electron chi connectivity index (χ2n) is 4.57. The molecule has 1 aromatic carbocycles. The minimum Gasteiger partial charge on any atom is -0.396 e. The van der Waals surface area contributed by atoms with Crippen molar-refractivity contribution in [3.8, 4) is 0 Å². The summed E-state index contributed by atoms with van der Waals surface area (Å²) in [6, 6.07) is 4.21. The molecule has 0 saturated heterocycles. The Bertz CT molecular complexity index is 356. The van der Waals surface area contributed by atoms with Gasteiger partial charge >= 0.3 is 0 Å². The normalized spacial score (nSPS) is 10.9. The number of unbranched alkanes of at least 4 members (excludes halogenated alkanes) is 4. The van der Waals surface area contributed by atoms with Crippen LogP contribution in [0.2, 0.25) is 0 Å². The van der Waals surface area contributed by atoms with Crippen LogP contribution in [0.4, 0.5) is 8.78 Å². The Morgan fingerprint density at radius 2 is 1.68 bits per heavy atom. The van der Waals surface area contributed by atoms with Gasteiger partial charge in [-0.3, -0.25) is 0 Å². The molecule has 0 aromatic heterocycles. The lowest BCUT2D eigenvalue weighted by atomic mass is 10.1. The Balaban J connectivity index is 2.03. The molecular weight excluding hydrogens is 250 g/mol. The highest BCUT2D eigenvalue weighted by Crippen LogP contribution is 2.12. The monoisotopic (exact) mass is 272 g/mol. The van der Waals surface area contributed by atoms with Gasteiger partial charge in [-0.15, -0.1) is 0 Å². The molecule has 2 nitrogen and oxygen atoms in total. The Kier molecular flexibility index (Phi) is 8.34. The molecule has 19 heavy (non-hydrogen) atoms. The van der Waals surface area contributed by atoms with Crippen LogP contribution in [0.5, 0.6) is 0 Å². The van der Waals surface area contributed by atoms with E-state index in [0.717, 1.165) is 38.2 Å². The van der Waals surface area contributed by atoms with E-state index in [1.54, 1.807) is 6.07 Å². The molecule has 4 heteroatoms. The summed E-state index contributed by atoms with van der Waals surface area (Å²) in [5.74, 6) is -1.57. The van der Waals surface area contributed by atoms with Gasteiger partial charge in [0, 0.05) is 13.2 Å². The maximum Gasteiger partial charge on any atom is 0.162 e. The Morgan fingerprint density at radius 1 is 0.947 bits per heavy atom. The number of hydrogen-bond acceptors (Lipinski definition) is 2. The van der Waals surface area contributed by atoms with E-state index < -0.39 is 11.6 Å². The van der Waals surface area contributed by atoms with E-state index >= 15 is 0 Å². The first-order valence-electron chi connectivity index (χ1n) is 6.87. The SMILES string of the molecule is OCCCCCCCOCCc1cccc(F)c1F. The molecular formula is C15H22F2O2. The summed E-state index contributed by atoms with van der Waals surface area (Å²) in [4.78, 5) is 0. The summed E-state index contributed by atoms with van der Waals surface area (Å²) in [6.45, 7) is 1.32. The van der Waals surface area contributed by atoms with Crippen molar-refractivity contribution in [1.29, 1.82) is 0 Å². The molecule has 0 spiro atoms. The van der Waals surface area contributed by atoms with E-state index in [1.165, 1.54) is 6.07 Å². The summed E-state index contributed by atoms with van der Waals surface area (Å²) < 4.78 is 31.6. The van der Waals surface area contributed by atoms with E-state index in [4.69, 9.17) is 9.84 Å². The summed E-state index contributed by atoms with van der Waals surface area (Å²) in [5.41, 5.74) is 0.364. The first-order chi connectivity index (χ1) is 9.25. The van der Waals surface area contributed by atoms with Crippen molar-refractivity contribution in [3.05, 3.63) is 35.4 Å². The largest absolute Gasteiger partial charge is 0.396 e. The third-order valence-electron chi connectivity index (χ3n) is 2.99. The van der Waals surface area contributed by atoms with Gasteiger partial charge in [-0.1, -0.05) is 31.4 Å². The third kappa shape index (κ3) is 6.64. The fourth-order valence-corrected chi connectivity index (χ4v) is 1.87. The number of aliphatic hydroxyl groups excluding tert-OH is 1. The van der Waals surface area contributed by atoms with Crippen LogP contribution in [0.3, 0.4) is 0 Å².